The molecule has 1 aromatic heterocycles. The summed E-state index contributed by atoms with van der Waals surface area (Å²) in [6, 6.07) is 7.12. The van der Waals surface area contributed by atoms with Crippen molar-refractivity contribution in [2.75, 3.05) is 38.8 Å². The Morgan fingerprint density at radius 3 is 2.46 bits per heavy atom. The largest absolute Gasteiger partial charge is 0.435 e. The predicted octanol–water partition coefficient (Wildman–Crippen LogP) is 3.99. The average molecular weight is 496 g/mol. The number of rotatable bonds is 5. The fourth-order valence-electron chi connectivity index (χ4n) is 5.62. The lowest BCUT2D eigenvalue weighted by molar-refractivity contribution is -0.141. The molecule has 1 N–H and O–H groups in total. The van der Waals surface area contributed by atoms with Crippen LogP contribution in [0.15, 0.2) is 30.3 Å². The number of aromatic nitrogens is 2. The predicted molar refractivity (Wildman–Crippen MR) is 120 cm³/mol. The van der Waals surface area contributed by atoms with Gasteiger partial charge in [-0.2, -0.15) is 18.3 Å². The van der Waals surface area contributed by atoms with Crippen LogP contribution in [0.1, 0.15) is 36.9 Å². The van der Waals surface area contributed by atoms with Crippen LogP contribution in [0.4, 0.5) is 28.2 Å². The number of carbonyl (C=O) groups is 1. The highest BCUT2D eigenvalue weighted by Gasteiger charge is 2.51. The first-order chi connectivity index (χ1) is 16.5. The van der Waals surface area contributed by atoms with Crippen LogP contribution >= 0.6 is 0 Å². The smallest absolute Gasteiger partial charge is 0.381 e. The molecule has 0 radical (unpaired) electrons. The molecule has 2 saturated heterocycles. The number of alkyl halides is 3. The summed E-state index contributed by atoms with van der Waals surface area (Å²) in [5.74, 6) is -0.0841. The summed E-state index contributed by atoms with van der Waals surface area (Å²) in [7, 11) is 3.92. The summed E-state index contributed by atoms with van der Waals surface area (Å²) in [4.78, 5) is 16.5. The quantitative estimate of drug-likeness (QED) is 0.638. The Labute approximate surface area is 201 Å². The van der Waals surface area contributed by atoms with Crippen LogP contribution in [0, 0.1) is 11.7 Å². The number of ether oxygens (including phenoxy) is 1. The van der Waals surface area contributed by atoms with Gasteiger partial charge in [0.1, 0.15) is 11.6 Å². The van der Waals surface area contributed by atoms with Gasteiger partial charge < -0.3 is 10.1 Å². The van der Waals surface area contributed by atoms with Crippen molar-refractivity contribution < 1.29 is 27.1 Å². The number of carbonyl (C=O) groups excluding carboxylic acids is 1. The Hall–Kier alpha value is -2.66. The zero-order chi connectivity index (χ0) is 25.0. The molecule has 3 heterocycles. The number of urea groups is 1. The number of nitrogens with one attached hydrogen (secondary N) is 1. The average Bonchev–Trinajstić information content (AvgIpc) is 3.32. The van der Waals surface area contributed by atoms with Crippen LogP contribution in [0.3, 0.4) is 0 Å². The van der Waals surface area contributed by atoms with Gasteiger partial charge in [-0.05, 0) is 57.5 Å². The number of hydrogen-bond acceptors (Lipinski definition) is 4. The first kappa shape index (κ1) is 24.1. The molecule has 0 bridgehead atoms. The van der Waals surface area contributed by atoms with Crippen LogP contribution in [0.25, 0.3) is 0 Å². The van der Waals surface area contributed by atoms with E-state index in [4.69, 9.17) is 4.74 Å². The lowest BCUT2D eigenvalue weighted by atomic mass is 9.69. The van der Waals surface area contributed by atoms with Gasteiger partial charge in [0.25, 0.3) is 0 Å². The Bertz CT molecular complexity index is 1100. The second-order valence-corrected chi connectivity index (χ2v) is 10.2. The second-order valence-electron chi connectivity index (χ2n) is 10.2. The Morgan fingerprint density at radius 1 is 1.17 bits per heavy atom. The first-order valence-corrected chi connectivity index (χ1v) is 11.8. The van der Waals surface area contributed by atoms with E-state index >= 15 is 0 Å². The van der Waals surface area contributed by atoms with Crippen LogP contribution in [-0.4, -0.2) is 60.1 Å². The highest BCUT2D eigenvalue weighted by molar-refractivity contribution is 5.94. The molecule has 2 amide bonds. The van der Waals surface area contributed by atoms with E-state index in [9.17, 15) is 22.4 Å². The molecule has 3 fully saturated rings. The van der Waals surface area contributed by atoms with Gasteiger partial charge in [0.2, 0.25) is 0 Å². The molecule has 11 heteroatoms. The molecule has 3 aliphatic rings. The number of halogens is 4. The third-order valence-electron chi connectivity index (χ3n) is 7.79. The number of benzene rings is 1. The minimum absolute atomic E-state index is 0.0658. The molecule has 1 aliphatic carbocycles. The van der Waals surface area contributed by atoms with Crippen molar-refractivity contribution in [2.45, 2.75) is 49.5 Å². The SMILES string of the molecule is CN(C)C1(c2cccc(F)c2)CCC2(CC1)CN(c1cc(C(F)(F)F)nn1CC1COC1)C(=O)N2. The van der Waals surface area contributed by atoms with Crippen molar-refractivity contribution in [3.63, 3.8) is 0 Å². The van der Waals surface area contributed by atoms with Gasteiger partial charge in [-0.15, -0.1) is 0 Å². The summed E-state index contributed by atoms with van der Waals surface area (Å²) in [5, 5.41) is 6.84. The Balaban J connectivity index is 1.39. The van der Waals surface area contributed by atoms with E-state index in [0.29, 0.717) is 38.9 Å². The van der Waals surface area contributed by atoms with Gasteiger partial charge in [-0.3, -0.25) is 9.80 Å². The van der Waals surface area contributed by atoms with Gasteiger partial charge in [-0.25, -0.2) is 13.9 Å². The zero-order valence-corrected chi connectivity index (χ0v) is 19.7. The van der Waals surface area contributed by atoms with E-state index in [1.165, 1.54) is 15.6 Å². The van der Waals surface area contributed by atoms with Crippen LogP contribution < -0.4 is 10.2 Å². The molecule has 1 saturated carbocycles. The van der Waals surface area contributed by atoms with E-state index in [-0.39, 0.29) is 36.2 Å². The Kier molecular flexibility index (Phi) is 5.83. The second kappa shape index (κ2) is 8.48. The Morgan fingerprint density at radius 2 is 1.89 bits per heavy atom. The molecule has 7 nitrogen and oxygen atoms in total. The van der Waals surface area contributed by atoms with E-state index in [0.717, 1.165) is 11.6 Å². The van der Waals surface area contributed by atoms with Gasteiger partial charge in [-0.1, -0.05) is 12.1 Å². The summed E-state index contributed by atoms with van der Waals surface area (Å²) >= 11 is 0. The van der Waals surface area contributed by atoms with Crippen molar-refractivity contribution in [2.24, 2.45) is 5.92 Å². The van der Waals surface area contributed by atoms with Gasteiger partial charge in [0, 0.05) is 17.5 Å². The molecule has 0 atom stereocenters. The van der Waals surface area contributed by atoms with Gasteiger partial charge in [0.05, 0.1) is 31.8 Å². The number of anilines is 1. The molecule has 2 aliphatic heterocycles. The van der Waals surface area contributed by atoms with Crippen molar-refractivity contribution in [3.8, 4) is 0 Å². The molecule has 190 valence electrons. The van der Waals surface area contributed by atoms with Gasteiger partial charge >= 0.3 is 12.2 Å². The fourth-order valence-corrected chi connectivity index (χ4v) is 5.62. The maximum absolute atomic E-state index is 14.0. The lowest BCUT2D eigenvalue weighted by Gasteiger charge is -2.48. The van der Waals surface area contributed by atoms with Crippen LogP contribution in [0.5, 0.6) is 0 Å². The summed E-state index contributed by atoms with van der Waals surface area (Å²) < 4.78 is 60.8. The lowest BCUT2D eigenvalue weighted by Crippen LogP contribution is -2.54. The molecule has 0 unspecified atom stereocenters. The monoisotopic (exact) mass is 495 g/mol. The summed E-state index contributed by atoms with van der Waals surface area (Å²) in [5.41, 5.74) is -1.09. The minimum Gasteiger partial charge on any atom is -0.381 e. The maximum Gasteiger partial charge on any atom is 0.435 e. The molecule has 2 aromatic rings. The zero-order valence-electron chi connectivity index (χ0n) is 19.7. The molecule has 35 heavy (non-hydrogen) atoms. The highest BCUT2D eigenvalue weighted by atomic mass is 19.4. The maximum atomic E-state index is 14.0. The third kappa shape index (κ3) is 4.29. The van der Waals surface area contributed by atoms with E-state index in [1.807, 2.05) is 20.2 Å². The normalized spacial score (nSPS) is 27.5. The highest BCUT2D eigenvalue weighted by Crippen LogP contribution is 2.46. The van der Waals surface area contributed by atoms with Crippen molar-refractivity contribution >= 4 is 11.8 Å². The standard InChI is InChI=1S/C24H29F4N5O2/c1-31(2)23(17-4-3-5-18(25)10-17)8-6-22(7-9-23)15-32(21(34)29-22)20-11-19(24(26,27)28)30-33(20)12-16-13-35-14-16/h3-5,10-11,16H,6-9,12-15H2,1-2H3,(H,29,34). The minimum atomic E-state index is -4.61. The molecular weight excluding hydrogens is 466 g/mol. The topological polar surface area (TPSA) is 62.6 Å². The van der Waals surface area contributed by atoms with Crippen molar-refractivity contribution in [3.05, 3.63) is 47.4 Å². The number of amides is 2. The van der Waals surface area contributed by atoms with Crippen molar-refractivity contribution in [1.29, 1.82) is 0 Å². The fraction of sp³-hybridized carbons (Fsp3) is 0.583. The van der Waals surface area contributed by atoms with E-state index < -0.39 is 23.4 Å². The summed E-state index contributed by atoms with van der Waals surface area (Å²) in [6.45, 7) is 1.43. The van der Waals surface area contributed by atoms with E-state index in [2.05, 4.69) is 15.3 Å². The third-order valence-corrected chi connectivity index (χ3v) is 7.79. The van der Waals surface area contributed by atoms with Crippen molar-refractivity contribution in [1.82, 2.24) is 20.0 Å². The van der Waals surface area contributed by atoms with Gasteiger partial charge in [0.15, 0.2) is 5.69 Å². The summed E-state index contributed by atoms with van der Waals surface area (Å²) in [6.07, 6.45) is -2.04. The molecule has 1 spiro atoms. The molecule has 1 aromatic carbocycles. The number of nitrogens with zero attached hydrogens (tertiary/aromatic N) is 4. The van der Waals surface area contributed by atoms with Crippen LogP contribution in [0.2, 0.25) is 0 Å². The number of hydrogen-bond donors (Lipinski definition) is 1. The first-order valence-electron chi connectivity index (χ1n) is 11.8. The molecule has 5 rings (SSSR count). The van der Waals surface area contributed by atoms with Crippen LogP contribution in [-0.2, 0) is 23.0 Å². The van der Waals surface area contributed by atoms with E-state index in [1.54, 1.807) is 12.1 Å². The molecular formula is C24H29F4N5O2.